The van der Waals surface area contributed by atoms with Crippen molar-refractivity contribution in [1.82, 2.24) is 20.2 Å². The number of carbonyl (C=O) groups is 1. The molecule has 1 saturated heterocycles. The number of ether oxygens (including phenoxy) is 1. The highest BCUT2D eigenvalue weighted by Crippen LogP contribution is 2.21. The lowest BCUT2D eigenvalue weighted by Crippen LogP contribution is -2.39. The SMILES string of the molecule is COC(=O)/C=C/CN1CCC[C@@H](CNC(/N=C(\N)c2c[nH]c3ncc(Cl)cc23)=C(\F)CI)C1. The van der Waals surface area contributed by atoms with E-state index in [1.54, 1.807) is 24.5 Å². The van der Waals surface area contributed by atoms with E-state index in [4.69, 9.17) is 17.3 Å². The predicted molar refractivity (Wildman–Crippen MR) is 137 cm³/mol. The van der Waals surface area contributed by atoms with Crippen LogP contribution in [0.5, 0.6) is 0 Å². The standard InChI is InChI=1S/C22H27ClFIN6O2/c1-33-19(32)5-3-7-31-6-2-4-14(13-31)10-27-22(18(24)9-25)30-20(26)17-12-29-21-16(17)8-15(23)11-28-21/h3,5,8,11-12,14,27H,2,4,6-7,9-10,13H2,1H3,(H2,26,30)(H,28,29)/b5-3+,22-18+/t14-/m0/s1. The van der Waals surface area contributed by atoms with Gasteiger partial charge in [-0.3, -0.25) is 4.90 Å². The van der Waals surface area contributed by atoms with Crippen molar-refractivity contribution in [2.75, 3.05) is 37.7 Å². The van der Waals surface area contributed by atoms with Gasteiger partial charge in [0.15, 0.2) is 11.6 Å². The van der Waals surface area contributed by atoms with E-state index in [1.807, 2.05) is 22.6 Å². The number of nitrogens with one attached hydrogen (secondary N) is 2. The van der Waals surface area contributed by atoms with Gasteiger partial charge < -0.3 is 20.8 Å². The minimum Gasteiger partial charge on any atom is -0.466 e. The number of piperidine rings is 1. The van der Waals surface area contributed by atoms with E-state index in [-0.39, 0.29) is 27.9 Å². The van der Waals surface area contributed by atoms with Gasteiger partial charge >= 0.3 is 5.97 Å². The normalized spacial score (nSPS) is 18.5. The molecule has 0 radical (unpaired) electrons. The van der Waals surface area contributed by atoms with Crippen molar-refractivity contribution in [3.05, 3.63) is 52.8 Å². The number of nitrogens with zero attached hydrogens (tertiary/aromatic N) is 3. The first kappa shape index (κ1) is 25.4. The summed E-state index contributed by atoms with van der Waals surface area (Å²) in [4.78, 5) is 25.1. The number of hydrogen-bond donors (Lipinski definition) is 3. The van der Waals surface area contributed by atoms with Crippen LogP contribution in [0.4, 0.5) is 4.39 Å². The summed E-state index contributed by atoms with van der Waals surface area (Å²) in [6.45, 7) is 3.02. The monoisotopic (exact) mass is 588 g/mol. The van der Waals surface area contributed by atoms with E-state index in [2.05, 4.69) is 29.9 Å². The third-order valence-corrected chi connectivity index (χ3v) is 6.24. The number of pyridine rings is 1. The maximum atomic E-state index is 14.6. The number of methoxy groups -OCH3 is 1. The van der Waals surface area contributed by atoms with Gasteiger partial charge in [-0.2, -0.15) is 0 Å². The third-order valence-electron chi connectivity index (χ3n) is 5.36. The molecule has 1 aliphatic heterocycles. The fraction of sp³-hybridized carbons (Fsp3) is 0.409. The number of hydrogen-bond acceptors (Lipinski definition) is 6. The number of alkyl halides is 1. The van der Waals surface area contributed by atoms with E-state index in [1.165, 1.54) is 13.2 Å². The zero-order valence-corrected chi connectivity index (χ0v) is 21.2. The number of fused-ring (bicyclic) bond motifs is 1. The van der Waals surface area contributed by atoms with Gasteiger partial charge in [-0.05, 0) is 31.4 Å². The smallest absolute Gasteiger partial charge is 0.330 e. The molecule has 1 fully saturated rings. The molecule has 4 N–H and O–H groups in total. The van der Waals surface area contributed by atoms with Crippen LogP contribution in [0.1, 0.15) is 18.4 Å². The highest BCUT2D eigenvalue weighted by molar-refractivity contribution is 14.1. The molecule has 11 heteroatoms. The van der Waals surface area contributed by atoms with Gasteiger partial charge in [0, 0.05) is 49.1 Å². The zero-order valence-electron chi connectivity index (χ0n) is 18.3. The van der Waals surface area contributed by atoms with Crippen molar-refractivity contribution < 1.29 is 13.9 Å². The Balaban J connectivity index is 1.67. The lowest BCUT2D eigenvalue weighted by molar-refractivity contribution is -0.134. The lowest BCUT2D eigenvalue weighted by Gasteiger charge is -2.32. The van der Waals surface area contributed by atoms with Crippen molar-refractivity contribution in [1.29, 1.82) is 0 Å². The van der Waals surface area contributed by atoms with Gasteiger partial charge in [-0.1, -0.05) is 40.3 Å². The van der Waals surface area contributed by atoms with Gasteiger partial charge in [0.1, 0.15) is 11.5 Å². The Morgan fingerprint density at radius 1 is 1.58 bits per heavy atom. The molecular weight excluding hydrogens is 562 g/mol. The first-order valence-corrected chi connectivity index (χ1v) is 12.4. The molecule has 2 aromatic rings. The summed E-state index contributed by atoms with van der Waals surface area (Å²) in [6, 6.07) is 1.74. The summed E-state index contributed by atoms with van der Waals surface area (Å²) in [5.74, 6) is -0.115. The van der Waals surface area contributed by atoms with Crippen molar-refractivity contribution in [3.8, 4) is 0 Å². The number of H-pyrrole nitrogens is 1. The minimum atomic E-state index is -0.372. The molecule has 0 spiro atoms. The Morgan fingerprint density at radius 3 is 3.15 bits per heavy atom. The van der Waals surface area contributed by atoms with Gasteiger partial charge in [0.05, 0.1) is 16.6 Å². The minimum absolute atomic E-state index is 0.133. The van der Waals surface area contributed by atoms with E-state index in [0.717, 1.165) is 31.3 Å². The third kappa shape index (κ3) is 7.15. The molecular formula is C22H27ClFIN6O2. The number of halogens is 3. The molecule has 1 aliphatic rings. The largest absolute Gasteiger partial charge is 0.466 e. The van der Waals surface area contributed by atoms with E-state index < -0.39 is 0 Å². The summed E-state index contributed by atoms with van der Waals surface area (Å²) < 4.78 is 19.4. The second-order valence-electron chi connectivity index (χ2n) is 7.71. The molecule has 0 bridgehead atoms. The van der Waals surface area contributed by atoms with E-state index in [9.17, 15) is 9.18 Å². The molecule has 33 heavy (non-hydrogen) atoms. The molecule has 178 valence electrons. The summed E-state index contributed by atoms with van der Waals surface area (Å²) in [7, 11) is 1.36. The van der Waals surface area contributed by atoms with Crippen LogP contribution in [0.25, 0.3) is 11.0 Å². The number of nitrogens with two attached hydrogens (primary N) is 1. The number of aliphatic imine (C=N–C) groups is 1. The number of rotatable bonds is 9. The average molecular weight is 589 g/mol. The Kier molecular flexibility index (Phi) is 9.51. The summed E-state index contributed by atoms with van der Waals surface area (Å²) >= 11 is 8.02. The van der Waals surface area contributed by atoms with Crippen LogP contribution in [-0.2, 0) is 9.53 Å². The number of likely N-dealkylation sites (tertiary alicyclic amines) is 1. The van der Waals surface area contributed by atoms with Crippen LogP contribution in [0.2, 0.25) is 5.02 Å². The van der Waals surface area contributed by atoms with Crippen LogP contribution in [0.3, 0.4) is 0 Å². The zero-order chi connectivity index (χ0) is 23.8. The fourth-order valence-electron chi connectivity index (χ4n) is 3.72. The summed E-state index contributed by atoms with van der Waals surface area (Å²) in [6.07, 6.45) is 8.52. The van der Waals surface area contributed by atoms with Crippen LogP contribution >= 0.6 is 34.2 Å². The van der Waals surface area contributed by atoms with Gasteiger partial charge in [-0.15, -0.1) is 0 Å². The number of allylic oxidation sites excluding steroid dienone is 1. The van der Waals surface area contributed by atoms with Crippen molar-refractivity contribution >= 4 is 57.0 Å². The number of aromatic nitrogens is 2. The number of aromatic amines is 1. The lowest BCUT2D eigenvalue weighted by atomic mass is 9.98. The van der Waals surface area contributed by atoms with Crippen LogP contribution in [0.15, 0.2) is 47.3 Å². The first-order chi connectivity index (χ1) is 15.9. The predicted octanol–water partition coefficient (Wildman–Crippen LogP) is 3.53. The number of carbonyl (C=O) groups excluding carboxylic acids is 1. The quantitative estimate of drug-likeness (QED) is 0.103. The van der Waals surface area contributed by atoms with Crippen LogP contribution in [-0.4, -0.2) is 64.4 Å². The van der Waals surface area contributed by atoms with Crippen molar-refractivity contribution in [3.63, 3.8) is 0 Å². The Hall–Kier alpha value is -2.18. The van der Waals surface area contributed by atoms with E-state index >= 15 is 0 Å². The number of amidine groups is 1. The van der Waals surface area contributed by atoms with Gasteiger partial charge in [-0.25, -0.2) is 19.2 Å². The second kappa shape index (κ2) is 12.3. The van der Waals surface area contributed by atoms with Crippen LogP contribution < -0.4 is 11.1 Å². The Morgan fingerprint density at radius 2 is 2.39 bits per heavy atom. The first-order valence-electron chi connectivity index (χ1n) is 10.5. The topological polar surface area (TPSA) is 109 Å². The molecule has 0 amide bonds. The average Bonchev–Trinajstić information content (AvgIpc) is 3.24. The highest BCUT2D eigenvalue weighted by atomic mass is 127. The maximum Gasteiger partial charge on any atom is 0.330 e. The molecule has 3 heterocycles. The molecule has 0 aliphatic carbocycles. The molecule has 0 aromatic carbocycles. The maximum absolute atomic E-state index is 14.6. The van der Waals surface area contributed by atoms with Gasteiger partial charge in [0.2, 0.25) is 0 Å². The molecule has 8 nitrogen and oxygen atoms in total. The van der Waals surface area contributed by atoms with Gasteiger partial charge in [0.25, 0.3) is 0 Å². The number of esters is 1. The molecule has 0 saturated carbocycles. The van der Waals surface area contributed by atoms with Crippen LogP contribution in [0, 0.1) is 5.92 Å². The molecule has 0 unspecified atom stereocenters. The fourth-order valence-corrected chi connectivity index (χ4v) is 4.24. The highest BCUT2D eigenvalue weighted by Gasteiger charge is 2.20. The molecule has 2 aromatic heterocycles. The Bertz CT molecular complexity index is 1070. The molecule has 3 rings (SSSR count). The molecule has 1 atom stereocenters. The summed E-state index contributed by atoms with van der Waals surface area (Å²) in [5, 5.41) is 4.36. The summed E-state index contributed by atoms with van der Waals surface area (Å²) in [5.41, 5.74) is 7.47. The van der Waals surface area contributed by atoms with Crippen molar-refractivity contribution in [2.45, 2.75) is 12.8 Å². The van der Waals surface area contributed by atoms with Crippen molar-refractivity contribution in [2.24, 2.45) is 16.6 Å². The Labute approximate surface area is 210 Å². The van der Waals surface area contributed by atoms with E-state index in [0.29, 0.717) is 35.2 Å². The second-order valence-corrected chi connectivity index (χ2v) is 8.91.